The molecular weight excluding hydrogens is 585 g/mol. The molecule has 0 fully saturated rings. The van der Waals surface area contributed by atoms with E-state index in [9.17, 15) is 28.6 Å². The summed E-state index contributed by atoms with van der Waals surface area (Å²) < 4.78 is 28.5. The number of alkyl halides is 2. The lowest BCUT2D eigenvalue weighted by Crippen LogP contribution is -2.36. The molecule has 40 heavy (non-hydrogen) atoms. The number of hydrogen-bond acceptors (Lipinski definition) is 7. The van der Waals surface area contributed by atoms with Crippen LogP contribution in [0.1, 0.15) is 46.6 Å². The van der Waals surface area contributed by atoms with Crippen molar-refractivity contribution in [2.24, 2.45) is 0 Å². The molecule has 5 N–H and O–H groups in total. The summed E-state index contributed by atoms with van der Waals surface area (Å²) in [6.45, 7) is 1.50. The molecule has 8 nitrogen and oxygen atoms in total. The van der Waals surface area contributed by atoms with Crippen molar-refractivity contribution in [2.45, 2.75) is 41.6 Å². The van der Waals surface area contributed by atoms with E-state index in [1.807, 2.05) is 7.05 Å². The summed E-state index contributed by atoms with van der Waals surface area (Å²) in [5, 5.41) is 27.4. The average molecular weight is 614 g/mol. The molecule has 214 valence electrons. The topological polar surface area (TPSA) is 118 Å². The Labute approximate surface area is 243 Å². The highest BCUT2D eigenvalue weighted by Gasteiger charge is 2.38. The molecule has 1 atom stereocenters. The molecule has 1 aromatic heterocycles. The maximum Gasteiger partial charge on any atom is 0.284 e. The minimum absolute atomic E-state index is 0.0188. The lowest BCUT2D eigenvalue weighted by atomic mass is 10.0. The van der Waals surface area contributed by atoms with Gasteiger partial charge < -0.3 is 30.7 Å². The molecule has 1 aliphatic rings. The zero-order chi connectivity index (χ0) is 29.2. The average Bonchev–Trinajstić information content (AvgIpc) is 3.24. The number of aliphatic hydroxyl groups is 1. The van der Waals surface area contributed by atoms with Crippen LogP contribution in [0.3, 0.4) is 0 Å². The second kappa shape index (κ2) is 12.4. The van der Waals surface area contributed by atoms with Crippen LogP contribution in [0.2, 0.25) is 10.0 Å². The third kappa shape index (κ3) is 6.23. The summed E-state index contributed by atoms with van der Waals surface area (Å²) in [6.07, 6.45) is 0.798. The summed E-state index contributed by atoms with van der Waals surface area (Å²) in [4.78, 5) is 30.7. The van der Waals surface area contributed by atoms with Gasteiger partial charge in [-0.1, -0.05) is 41.0 Å². The van der Waals surface area contributed by atoms with E-state index in [1.165, 1.54) is 11.0 Å². The van der Waals surface area contributed by atoms with E-state index < -0.39 is 41.3 Å². The Morgan fingerprint density at radius 2 is 1.93 bits per heavy atom. The molecule has 1 amide bonds. The standard InChI is InChI=1S/C27H28Cl2F2N4O4S/c1-27(30,31)22-11-21(40-24-16(28)5-3-6-17(24)29)23(25(38)34-22)26(39)35-12-14-9-20(37)18(33-8-4-7-32-2)10-15(14)19(35)13-36/h3,5-6,9-11,19,32-33,36-37H,4,7-8,12-13H2,1-2H3,(H,34,38). The van der Waals surface area contributed by atoms with E-state index >= 15 is 0 Å². The monoisotopic (exact) mass is 612 g/mol. The number of H-pyrrole nitrogens is 1. The van der Waals surface area contributed by atoms with Crippen molar-refractivity contribution in [3.8, 4) is 5.75 Å². The first-order chi connectivity index (χ1) is 19.0. The quantitative estimate of drug-likeness (QED) is 0.154. The van der Waals surface area contributed by atoms with Crippen molar-refractivity contribution in [3.05, 3.63) is 79.2 Å². The van der Waals surface area contributed by atoms with Gasteiger partial charge in [0.05, 0.1) is 34.1 Å². The number of aliphatic hydroxyl groups excluding tert-OH is 1. The summed E-state index contributed by atoms with van der Waals surface area (Å²) >= 11 is 13.4. The molecule has 2 heterocycles. The van der Waals surface area contributed by atoms with Gasteiger partial charge in [-0.2, -0.15) is 0 Å². The van der Waals surface area contributed by atoms with Crippen molar-refractivity contribution < 1.29 is 23.8 Å². The molecule has 0 spiro atoms. The number of carbonyl (C=O) groups excluding carboxylic acids is 1. The number of phenolic OH excluding ortho intramolecular Hbond substituents is 1. The smallest absolute Gasteiger partial charge is 0.284 e. The van der Waals surface area contributed by atoms with E-state index in [1.54, 1.807) is 24.3 Å². The van der Waals surface area contributed by atoms with Crippen LogP contribution in [0.4, 0.5) is 14.5 Å². The maximum absolute atomic E-state index is 14.3. The van der Waals surface area contributed by atoms with Crippen molar-refractivity contribution in [2.75, 3.05) is 32.1 Å². The van der Waals surface area contributed by atoms with Crippen molar-refractivity contribution >= 4 is 46.6 Å². The Morgan fingerprint density at radius 1 is 1.23 bits per heavy atom. The number of anilines is 1. The number of benzene rings is 2. The number of aromatic hydroxyl groups is 1. The molecule has 0 saturated carbocycles. The number of aromatic nitrogens is 1. The van der Waals surface area contributed by atoms with Crippen LogP contribution < -0.4 is 16.2 Å². The Bertz CT molecular complexity index is 1460. The molecule has 4 rings (SSSR count). The van der Waals surface area contributed by atoms with Gasteiger partial charge in [0.1, 0.15) is 11.3 Å². The third-order valence-electron chi connectivity index (χ3n) is 6.50. The van der Waals surface area contributed by atoms with Gasteiger partial charge in [0.25, 0.3) is 17.4 Å². The normalized spacial score (nSPS) is 14.9. The first-order valence-corrected chi connectivity index (χ1v) is 14.0. The molecule has 2 aromatic carbocycles. The van der Waals surface area contributed by atoms with Gasteiger partial charge >= 0.3 is 0 Å². The number of aromatic amines is 1. The summed E-state index contributed by atoms with van der Waals surface area (Å²) in [5.41, 5.74) is -0.461. The zero-order valence-corrected chi connectivity index (χ0v) is 24.0. The Morgan fingerprint density at radius 3 is 2.55 bits per heavy atom. The van der Waals surface area contributed by atoms with Gasteiger partial charge in [-0.3, -0.25) is 9.59 Å². The van der Waals surface area contributed by atoms with Crippen molar-refractivity contribution in [3.63, 3.8) is 0 Å². The number of amides is 1. The second-order valence-corrected chi connectivity index (χ2v) is 11.2. The van der Waals surface area contributed by atoms with Crippen LogP contribution in [0, 0.1) is 0 Å². The molecule has 0 aliphatic carbocycles. The number of carbonyl (C=O) groups is 1. The number of nitrogens with zero attached hydrogens (tertiary/aromatic N) is 1. The Balaban J connectivity index is 1.74. The third-order valence-corrected chi connectivity index (χ3v) is 8.54. The van der Waals surface area contributed by atoms with Crippen LogP contribution >= 0.6 is 35.0 Å². The van der Waals surface area contributed by atoms with E-state index in [4.69, 9.17) is 23.2 Å². The van der Waals surface area contributed by atoms with Crippen LogP contribution in [-0.4, -0.2) is 52.7 Å². The number of nitrogens with one attached hydrogen (secondary N) is 3. The number of phenols is 1. The molecular formula is C27H28Cl2F2N4O4S. The van der Waals surface area contributed by atoms with Gasteiger partial charge in [0.2, 0.25) is 0 Å². The van der Waals surface area contributed by atoms with Crippen molar-refractivity contribution in [1.82, 2.24) is 15.2 Å². The van der Waals surface area contributed by atoms with Crippen LogP contribution in [0.15, 0.2) is 51.0 Å². The predicted octanol–water partition coefficient (Wildman–Crippen LogP) is 5.36. The Kier molecular flexibility index (Phi) is 9.31. The summed E-state index contributed by atoms with van der Waals surface area (Å²) in [5.74, 6) is -4.20. The predicted molar refractivity (Wildman–Crippen MR) is 152 cm³/mol. The number of fused-ring (bicyclic) bond motifs is 1. The number of pyridine rings is 1. The zero-order valence-electron chi connectivity index (χ0n) is 21.7. The maximum atomic E-state index is 14.3. The minimum atomic E-state index is -3.40. The highest BCUT2D eigenvalue weighted by molar-refractivity contribution is 7.99. The first-order valence-electron chi connectivity index (χ1n) is 12.4. The van der Waals surface area contributed by atoms with Gasteiger partial charge in [-0.05, 0) is 61.5 Å². The van der Waals surface area contributed by atoms with Crippen LogP contribution in [0.5, 0.6) is 5.75 Å². The number of halogens is 4. The number of hydrogen-bond donors (Lipinski definition) is 5. The van der Waals surface area contributed by atoms with Gasteiger partial charge in [0.15, 0.2) is 0 Å². The lowest BCUT2D eigenvalue weighted by molar-refractivity contribution is 0.0121. The Hall–Kier alpha value is -2.83. The molecule has 0 saturated heterocycles. The molecule has 0 radical (unpaired) electrons. The summed E-state index contributed by atoms with van der Waals surface area (Å²) in [6, 6.07) is 8.09. The van der Waals surface area contributed by atoms with Crippen molar-refractivity contribution in [1.29, 1.82) is 0 Å². The highest BCUT2D eigenvalue weighted by Crippen LogP contribution is 2.43. The highest BCUT2D eigenvalue weighted by atomic mass is 35.5. The minimum Gasteiger partial charge on any atom is -0.506 e. The fourth-order valence-corrected chi connectivity index (χ4v) is 6.12. The molecule has 1 aliphatic heterocycles. The van der Waals surface area contributed by atoms with Gasteiger partial charge in [-0.25, -0.2) is 8.78 Å². The molecule has 0 bridgehead atoms. The van der Waals surface area contributed by atoms with E-state index in [2.05, 4.69) is 15.6 Å². The van der Waals surface area contributed by atoms with Crippen LogP contribution in [0.25, 0.3) is 0 Å². The first kappa shape index (κ1) is 30.1. The van der Waals surface area contributed by atoms with E-state index in [0.717, 1.165) is 30.8 Å². The largest absolute Gasteiger partial charge is 0.506 e. The summed E-state index contributed by atoms with van der Waals surface area (Å²) in [7, 11) is 1.84. The van der Waals surface area contributed by atoms with Gasteiger partial charge in [0, 0.05) is 29.8 Å². The number of rotatable bonds is 10. The molecule has 1 unspecified atom stereocenters. The van der Waals surface area contributed by atoms with E-state index in [0.29, 0.717) is 30.3 Å². The van der Waals surface area contributed by atoms with Gasteiger partial charge in [-0.15, -0.1) is 0 Å². The fraction of sp³-hybridized carbons (Fsp3) is 0.333. The fourth-order valence-electron chi connectivity index (χ4n) is 4.49. The molecule has 3 aromatic rings. The SMILES string of the molecule is CNCCCNc1cc2c(cc1O)CN(C(=O)c1c(Sc3c(Cl)cccc3Cl)cc(C(C)(F)F)[nH]c1=O)C2CO. The van der Waals surface area contributed by atoms with Crippen LogP contribution in [-0.2, 0) is 12.5 Å². The lowest BCUT2D eigenvalue weighted by Gasteiger charge is -2.25. The second-order valence-electron chi connectivity index (χ2n) is 9.38. The molecule has 13 heteroatoms. The van der Waals surface area contributed by atoms with E-state index in [-0.39, 0.29) is 32.1 Å².